The highest BCUT2D eigenvalue weighted by atomic mass is 16.5. The van der Waals surface area contributed by atoms with Crippen molar-refractivity contribution >= 4 is 17.7 Å². The molecule has 36 heavy (non-hydrogen) atoms. The van der Waals surface area contributed by atoms with Crippen molar-refractivity contribution in [3.63, 3.8) is 0 Å². The van der Waals surface area contributed by atoms with Crippen LogP contribution in [0.25, 0.3) is 0 Å². The van der Waals surface area contributed by atoms with E-state index >= 15 is 0 Å². The number of nitrogens with zero attached hydrogens (tertiary/aromatic N) is 2. The van der Waals surface area contributed by atoms with Crippen molar-refractivity contribution < 1.29 is 19.4 Å². The number of rotatable bonds is 10. The standard InChI is InChI=1S/C27H36N4O5/c1-16-13-23(32)31(3)17(2)24(16)26(33)30-22(27(34)35)10-12-36-21-14-18(15-21)6-8-20-9-7-19-5-4-11-28-25(19)29-20/h7,9,13,18,21-22H,4-6,8,10-12,14-15H2,1-3H3,(H,28,29)(H,30,33)(H,34,35). The molecule has 0 aromatic carbocycles. The van der Waals surface area contributed by atoms with E-state index in [1.54, 1.807) is 20.9 Å². The fraction of sp³-hybridized carbons (Fsp3) is 0.556. The van der Waals surface area contributed by atoms with E-state index in [0.29, 0.717) is 22.7 Å². The average molecular weight is 497 g/mol. The Hall–Kier alpha value is -3.20. The number of carbonyl (C=O) groups is 2. The highest BCUT2D eigenvalue weighted by Gasteiger charge is 2.30. The van der Waals surface area contributed by atoms with Gasteiger partial charge in [-0.05, 0) is 75.5 Å². The summed E-state index contributed by atoms with van der Waals surface area (Å²) in [5.74, 6) is 0.0232. The predicted octanol–water partition coefficient (Wildman–Crippen LogP) is 2.76. The number of aryl methyl sites for hydroxylation is 3. The largest absolute Gasteiger partial charge is 0.480 e. The van der Waals surface area contributed by atoms with Crippen LogP contribution in [0.3, 0.4) is 0 Å². The number of hydrogen-bond acceptors (Lipinski definition) is 6. The van der Waals surface area contributed by atoms with Gasteiger partial charge in [-0.3, -0.25) is 9.59 Å². The number of fused-ring (bicyclic) bond motifs is 1. The van der Waals surface area contributed by atoms with Crippen molar-refractivity contribution in [3.05, 3.63) is 56.6 Å². The number of amides is 1. The third-order valence-corrected chi connectivity index (χ3v) is 7.47. The molecule has 3 heterocycles. The number of carboxylic acids is 1. The first-order chi connectivity index (χ1) is 17.2. The molecule has 9 nitrogen and oxygen atoms in total. The van der Waals surface area contributed by atoms with Crippen LogP contribution in [0.5, 0.6) is 0 Å². The van der Waals surface area contributed by atoms with Gasteiger partial charge in [-0.25, -0.2) is 9.78 Å². The van der Waals surface area contributed by atoms with Crippen LogP contribution < -0.4 is 16.2 Å². The van der Waals surface area contributed by atoms with E-state index in [1.165, 1.54) is 16.2 Å². The van der Waals surface area contributed by atoms with Crippen LogP contribution in [0.1, 0.15) is 65.0 Å². The fourth-order valence-electron chi connectivity index (χ4n) is 5.06. The highest BCUT2D eigenvalue weighted by molar-refractivity contribution is 5.98. The van der Waals surface area contributed by atoms with E-state index in [-0.39, 0.29) is 24.7 Å². The van der Waals surface area contributed by atoms with Crippen molar-refractivity contribution in [1.29, 1.82) is 0 Å². The Balaban J connectivity index is 1.20. The number of anilines is 1. The van der Waals surface area contributed by atoms with Crippen molar-refractivity contribution in [1.82, 2.24) is 14.9 Å². The maximum atomic E-state index is 12.8. The van der Waals surface area contributed by atoms with E-state index < -0.39 is 17.9 Å². The third-order valence-electron chi connectivity index (χ3n) is 7.47. The normalized spacial score (nSPS) is 19.5. The summed E-state index contributed by atoms with van der Waals surface area (Å²) in [6, 6.07) is 4.65. The van der Waals surface area contributed by atoms with Crippen LogP contribution in [-0.4, -0.2) is 51.8 Å². The van der Waals surface area contributed by atoms with Crippen molar-refractivity contribution in [2.24, 2.45) is 13.0 Å². The van der Waals surface area contributed by atoms with Gasteiger partial charge in [-0.15, -0.1) is 0 Å². The van der Waals surface area contributed by atoms with Gasteiger partial charge < -0.3 is 25.0 Å². The third kappa shape index (κ3) is 5.95. The molecule has 1 aliphatic heterocycles. The van der Waals surface area contributed by atoms with Gasteiger partial charge in [0.2, 0.25) is 0 Å². The summed E-state index contributed by atoms with van der Waals surface area (Å²) < 4.78 is 7.28. The molecule has 1 fully saturated rings. The Labute approximate surface area is 211 Å². The van der Waals surface area contributed by atoms with Gasteiger partial charge in [0.1, 0.15) is 11.9 Å². The van der Waals surface area contributed by atoms with Crippen LogP contribution in [0.15, 0.2) is 23.0 Å². The molecule has 3 N–H and O–H groups in total. The zero-order valence-corrected chi connectivity index (χ0v) is 21.3. The highest BCUT2D eigenvalue weighted by Crippen LogP contribution is 2.34. The van der Waals surface area contributed by atoms with Gasteiger partial charge in [0.15, 0.2) is 0 Å². The number of carbonyl (C=O) groups excluding carboxylic acids is 1. The lowest BCUT2D eigenvalue weighted by molar-refractivity contribution is -0.140. The first-order valence-electron chi connectivity index (χ1n) is 12.8. The van der Waals surface area contributed by atoms with E-state index in [9.17, 15) is 19.5 Å². The molecule has 2 aromatic rings. The lowest BCUT2D eigenvalue weighted by Gasteiger charge is -2.35. The molecule has 0 bridgehead atoms. The summed E-state index contributed by atoms with van der Waals surface area (Å²) in [7, 11) is 1.59. The first kappa shape index (κ1) is 25.9. The molecule has 194 valence electrons. The minimum absolute atomic E-state index is 0.131. The first-order valence-corrected chi connectivity index (χ1v) is 12.8. The van der Waals surface area contributed by atoms with Crippen molar-refractivity contribution in [2.75, 3.05) is 18.5 Å². The molecule has 0 spiro atoms. The molecule has 2 aromatic heterocycles. The molecule has 0 saturated heterocycles. The fourth-order valence-corrected chi connectivity index (χ4v) is 5.06. The smallest absolute Gasteiger partial charge is 0.326 e. The Morgan fingerprint density at radius 3 is 2.83 bits per heavy atom. The zero-order chi connectivity index (χ0) is 25.8. The molecule has 1 saturated carbocycles. The van der Waals surface area contributed by atoms with Crippen LogP contribution >= 0.6 is 0 Å². The van der Waals surface area contributed by atoms with Gasteiger partial charge in [0.25, 0.3) is 11.5 Å². The maximum Gasteiger partial charge on any atom is 0.326 e. The second-order valence-corrected chi connectivity index (χ2v) is 10.0. The number of carboxylic acid groups (broad SMARTS) is 1. The molecule has 1 unspecified atom stereocenters. The summed E-state index contributed by atoms with van der Waals surface area (Å²) in [5.41, 5.74) is 3.57. The summed E-state index contributed by atoms with van der Waals surface area (Å²) >= 11 is 0. The van der Waals surface area contributed by atoms with Gasteiger partial charge in [0, 0.05) is 44.1 Å². The van der Waals surface area contributed by atoms with Gasteiger partial charge in [0.05, 0.1) is 11.7 Å². The number of aromatic nitrogens is 2. The number of hydrogen-bond donors (Lipinski definition) is 3. The molecule has 1 aliphatic carbocycles. The second kappa shape index (κ2) is 11.2. The lowest BCUT2D eigenvalue weighted by Crippen LogP contribution is -2.43. The molecular formula is C27H36N4O5. The summed E-state index contributed by atoms with van der Waals surface area (Å²) in [5, 5.41) is 15.6. The summed E-state index contributed by atoms with van der Waals surface area (Å²) in [6.07, 6.45) is 6.50. The maximum absolute atomic E-state index is 12.8. The second-order valence-electron chi connectivity index (χ2n) is 10.0. The monoisotopic (exact) mass is 496 g/mol. The molecule has 0 radical (unpaired) electrons. The molecule has 2 aliphatic rings. The van der Waals surface area contributed by atoms with Crippen molar-refractivity contribution in [2.45, 2.75) is 70.9 Å². The Kier molecular flexibility index (Phi) is 8.08. The van der Waals surface area contributed by atoms with Crippen LogP contribution in [0.2, 0.25) is 0 Å². The lowest BCUT2D eigenvalue weighted by atomic mass is 9.79. The van der Waals surface area contributed by atoms with Gasteiger partial charge in [-0.1, -0.05) is 6.07 Å². The Morgan fingerprint density at radius 1 is 1.31 bits per heavy atom. The van der Waals surface area contributed by atoms with Crippen molar-refractivity contribution in [3.8, 4) is 0 Å². The quantitative estimate of drug-likeness (QED) is 0.462. The van der Waals surface area contributed by atoms with Gasteiger partial charge >= 0.3 is 5.97 Å². The Morgan fingerprint density at radius 2 is 2.08 bits per heavy atom. The SMILES string of the molecule is Cc1cc(=O)n(C)c(C)c1C(=O)NC(CCOC1CC(CCc2ccc3c(n2)NCCC3)C1)C(=O)O. The molecule has 4 rings (SSSR count). The molecule has 1 atom stereocenters. The minimum Gasteiger partial charge on any atom is -0.480 e. The number of aliphatic carboxylic acids is 1. The van der Waals surface area contributed by atoms with Crippen LogP contribution in [0, 0.1) is 19.8 Å². The average Bonchev–Trinajstić information content (AvgIpc) is 2.82. The van der Waals surface area contributed by atoms with E-state index in [1.807, 2.05) is 0 Å². The van der Waals surface area contributed by atoms with Crippen LogP contribution in [0.4, 0.5) is 5.82 Å². The zero-order valence-electron chi connectivity index (χ0n) is 21.3. The van der Waals surface area contributed by atoms with E-state index in [2.05, 4.69) is 22.8 Å². The minimum atomic E-state index is -1.11. The predicted molar refractivity (Wildman–Crippen MR) is 136 cm³/mol. The van der Waals surface area contributed by atoms with Crippen LogP contribution in [-0.2, 0) is 29.4 Å². The molecular weight excluding hydrogens is 460 g/mol. The molecule has 9 heteroatoms. The number of pyridine rings is 2. The van der Waals surface area contributed by atoms with E-state index in [0.717, 1.165) is 56.6 Å². The summed E-state index contributed by atoms with van der Waals surface area (Å²) in [6.45, 7) is 4.60. The van der Waals surface area contributed by atoms with E-state index in [4.69, 9.17) is 9.72 Å². The number of nitrogens with one attached hydrogen (secondary N) is 2. The van der Waals surface area contributed by atoms with Gasteiger partial charge in [-0.2, -0.15) is 0 Å². The number of ether oxygens (including phenoxy) is 1. The Bertz CT molecular complexity index is 1190. The topological polar surface area (TPSA) is 123 Å². The summed E-state index contributed by atoms with van der Waals surface area (Å²) in [4.78, 5) is 41.2. The molecule has 1 amide bonds.